The van der Waals surface area contributed by atoms with Crippen molar-refractivity contribution >= 4 is 11.8 Å². The minimum Gasteiger partial charge on any atom is -0.370 e. The Labute approximate surface area is 134 Å². The smallest absolute Gasteiger partial charge is 0.191 e. The fourth-order valence-electron chi connectivity index (χ4n) is 2.85. The molecular weight excluding hydrogens is 274 g/mol. The molecule has 0 bridgehead atoms. The minimum absolute atomic E-state index is 0.617. The number of aliphatic imine (C=N–C) groups is 1. The molecule has 1 aromatic rings. The summed E-state index contributed by atoms with van der Waals surface area (Å²) < 4.78 is 0. The van der Waals surface area contributed by atoms with Crippen LogP contribution in [0.1, 0.15) is 45.1 Å². The third kappa shape index (κ3) is 4.61. The van der Waals surface area contributed by atoms with Gasteiger partial charge in [0, 0.05) is 32.4 Å². The summed E-state index contributed by atoms with van der Waals surface area (Å²) in [5.74, 6) is 1.70. The van der Waals surface area contributed by atoms with Crippen molar-refractivity contribution in [2.45, 2.75) is 46.1 Å². The van der Waals surface area contributed by atoms with Gasteiger partial charge in [-0.05, 0) is 44.4 Å². The number of rotatable bonds is 5. The molecule has 122 valence electrons. The largest absolute Gasteiger partial charge is 0.370 e. The Morgan fingerprint density at radius 3 is 2.55 bits per heavy atom. The molecule has 0 saturated carbocycles. The Kier molecular flexibility index (Phi) is 6.49. The molecule has 1 aliphatic rings. The highest BCUT2D eigenvalue weighted by Gasteiger charge is 2.11. The molecule has 1 aliphatic heterocycles. The quantitative estimate of drug-likeness (QED) is 0.671. The van der Waals surface area contributed by atoms with Gasteiger partial charge in [-0.2, -0.15) is 0 Å². The third-order valence-electron chi connectivity index (χ3n) is 4.25. The first-order valence-electron chi connectivity index (χ1n) is 8.49. The van der Waals surface area contributed by atoms with E-state index in [0.29, 0.717) is 12.5 Å². The summed E-state index contributed by atoms with van der Waals surface area (Å²) in [6.45, 7) is 8.81. The molecule has 0 radical (unpaired) electrons. The van der Waals surface area contributed by atoms with Gasteiger partial charge >= 0.3 is 0 Å². The summed E-state index contributed by atoms with van der Waals surface area (Å²) in [6, 6.07) is 4.19. The molecule has 5 nitrogen and oxygen atoms in total. The maximum Gasteiger partial charge on any atom is 0.191 e. The number of guanidine groups is 1. The van der Waals surface area contributed by atoms with Crippen LogP contribution in [0.2, 0.25) is 0 Å². The standard InChI is InChI=1S/C17H29N5/c1-3-21(4-2)17(18)20-14-15-9-10-19-16(13-15)22-11-7-5-6-8-12-22/h9-10,13H,3-8,11-12,14H2,1-2H3,(H2,18,20). The zero-order valence-corrected chi connectivity index (χ0v) is 14.0. The summed E-state index contributed by atoms with van der Waals surface area (Å²) in [5.41, 5.74) is 7.21. The second-order valence-corrected chi connectivity index (χ2v) is 5.77. The summed E-state index contributed by atoms with van der Waals surface area (Å²) in [7, 11) is 0. The van der Waals surface area contributed by atoms with Crippen LogP contribution in [0.4, 0.5) is 5.82 Å². The van der Waals surface area contributed by atoms with Crippen LogP contribution >= 0.6 is 0 Å². The van der Waals surface area contributed by atoms with E-state index in [1.165, 1.54) is 31.2 Å². The van der Waals surface area contributed by atoms with E-state index in [2.05, 4.69) is 39.7 Å². The van der Waals surface area contributed by atoms with Gasteiger partial charge in [-0.1, -0.05) is 12.8 Å². The molecule has 0 spiro atoms. The first-order valence-corrected chi connectivity index (χ1v) is 8.49. The Bertz CT molecular complexity index is 474. The molecule has 0 aliphatic carbocycles. The number of nitrogens with zero attached hydrogens (tertiary/aromatic N) is 4. The predicted molar refractivity (Wildman–Crippen MR) is 93.2 cm³/mol. The van der Waals surface area contributed by atoms with Gasteiger partial charge in [0.05, 0.1) is 6.54 Å². The lowest BCUT2D eigenvalue weighted by molar-refractivity contribution is 0.458. The average molecular weight is 303 g/mol. The van der Waals surface area contributed by atoms with E-state index in [1.54, 1.807) is 0 Å². The summed E-state index contributed by atoms with van der Waals surface area (Å²) in [6.07, 6.45) is 7.08. The highest BCUT2D eigenvalue weighted by molar-refractivity contribution is 5.78. The van der Waals surface area contributed by atoms with Crippen molar-refractivity contribution in [3.8, 4) is 0 Å². The normalized spacial score (nSPS) is 16.5. The van der Waals surface area contributed by atoms with Crippen LogP contribution in [0.15, 0.2) is 23.3 Å². The number of hydrogen-bond acceptors (Lipinski definition) is 3. The first kappa shape index (κ1) is 16.6. The van der Waals surface area contributed by atoms with E-state index in [4.69, 9.17) is 5.73 Å². The van der Waals surface area contributed by atoms with Crippen molar-refractivity contribution in [3.05, 3.63) is 23.9 Å². The fraction of sp³-hybridized carbons (Fsp3) is 0.647. The van der Waals surface area contributed by atoms with Crippen LogP contribution in [0.5, 0.6) is 0 Å². The minimum atomic E-state index is 0.617. The van der Waals surface area contributed by atoms with Crippen LogP contribution in [-0.4, -0.2) is 42.0 Å². The van der Waals surface area contributed by atoms with E-state index >= 15 is 0 Å². The lowest BCUT2D eigenvalue weighted by Gasteiger charge is -2.22. The van der Waals surface area contributed by atoms with Crippen LogP contribution in [-0.2, 0) is 6.54 Å². The SMILES string of the molecule is CCN(CC)C(N)=NCc1ccnc(N2CCCCCC2)c1. The maximum atomic E-state index is 6.04. The van der Waals surface area contributed by atoms with Crippen molar-refractivity contribution in [1.82, 2.24) is 9.88 Å². The molecule has 5 heteroatoms. The molecule has 0 atom stereocenters. The van der Waals surface area contributed by atoms with Gasteiger partial charge in [0.15, 0.2) is 5.96 Å². The van der Waals surface area contributed by atoms with E-state index in [9.17, 15) is 0 Å². The maximum absolute atomic E-state index is 6.04. The van der Waals surface area contributed by atoms with Gasteiger partial charge < -0.3 is 15.5 Å². The number of anilines is 1. The van der Waals surface area contributed by atoms with Crippen LogP contribution in [0.25, 0.3) is 0 Å². The van der Waals surface area contributed by atoms with Crippen LogP contribution < -0.4 is 10.6 Å². The Morgan fingerprint density at radius 2 is 1.91 bits per heavy atom. The third-order valence-corrected chi connectivity index (χ3v) is 4.25. The number of pyridine rings is 1. The van der Waals surface area contributed by atoms with Crippen LogP contribution in [0, 0.1) is 0 Å². The Balaban J connectivity index is 2.03. The van der Waals surface area contributed by atoms with Gasteiger partial charge in [-0.25, -0.2) is 9.98 Å². The van der Waals surface area contributed by atoms with Gasteiger partial charge in [0.2, 0.25) is 0 Å². The monoisotopic (exact) mass is 303 g/mol. The lowest BCUT2D eigenvalue weighted by Crippen LogP contribution is -2.37. The number of hydrogen-bond donors (Lipinski definition) is 1. The van der Waals surface area contributed by atoms with E-state index in [-0.39, 0.29) is 0 Å². The first-order chi connectivity index (χ1) is 10.7. The molecule has 1 aromatic heterocycles. The zero-order chi connectivity index (χ0) is 15.8. The summed E-state index contributed by atoms with van der Waals surface area (Å²) >= 11 is 0. The second kappa shape index (κ2) is 8.61. The predicted octanol–water partition coefficient (Wildman–Crippen LogP) is 2.62. The molecule has 0 unspecified atom stereocenters. The fourth-order valence-corrected chi connectivity index (χ4v) is 2.85. The highest BCUT2D eigenvalue weighted by atomic mass is 15.2. The molecule has 2 rings (SSSR count). The van der Waals surface area contributed by atoms with E-state index < -0.39 is 0 Å². The molecule has 0 amide bonds. The molecule has 22 heavy (non-hydrogen) atoms. The number of nitrogens with two attached hydrogens (primary N) is 1. The van der Waals surface area contributed by atoms with Crippen LogP contribution in [0.3, 0.4) is 0 Å². The van der Waals surface area contributed by atoms with E-state index in [0.717, 1.165) is 32.0 Å². The van der Waals surface area contributed by atoms with Gasteiger partial charge in [0.25, 0.3) is 0 Å². The van der Waals surface area contributed by atoms with Crippen molar-refractivity contribution in [2.24, 2.45) is 10.7 Å². The highest BCUT2D eigenvalue weighted by Crippen LogP contribution is 2.18. The van der Waals surface area contributed by atoms with Crippen molar-refractivity contribution in [1.29, 1.82) is 0 Å². The average Bonchev–Trinajstić information content (AvgIpc) is 2.83. The number of aromatic nitrogens is 1. The van der Waals surface area contributed by atoms with Gasteiger partial charge in [0.1, 0.15) is 5.82 Å². The molecule has 2 N–H and O–H groups in total. The van der Waals surface area contributed by atoms with Gasteiger partial charge in [-0.15, -0.1) is 0 Å². The Hall–Kier alpha value is -1.78. The molecule has 2 heterocycles. The molecule has 0 aromatic carbocycles. The Morgan fingerprint density at radius 1 is 1.23 bits per heavy atom. The summed E-state index contributed by atoms with van der Waals surface area (Å²) in [4.78, 5) is 13.5. The molecular formula is C17H29N5. The molecule has 1 saturated heterocycles. The zero-order valence-electron chi connectivity index (χ0n) is 14.0. The van der Waals surface area contributed by atoms with Gasteiger partial charge in [-0.3, -0.25) is 0 Å². The van der Waals surface area contributed by atoms with E-state index in [1.807, 2.05) is 12.3 Å². The lowest BCUT2D eigenvalue weighted by atomic mass is 10.2. The summed E-state index contributed by atoms with van der Waals surface area (Å²) in [5, 5.41) is 0. The van der Waals surface area contributed by atoms with Crippen molar-refractivity contribution in [2.75, 3.05) is 31.1 Å². The van der Waals surface area contributed by atoms with Crippen molar-refractivity contribution in [3.63, 3.8) is 0 Å². The topological polar surface area (TPSA) is 57.8 Å². The van der Waals surface area contributed by atoms with Crippen molar-refractivity contribution < 1.29 is 0 Å². The second-order valence-electron chi connectivity index (χ2n) is 5.77. The molecule has 1 fully saturated rings.